The smallest absolute Gasteiger partial charge is 0.251 e. The number of H-pyrrole nitrogens is 1. The Kier molecular flexibility index (Phi) is 4.38. The standard InChI is InChI=1S/C23H24N4O/c1-14(15-8-10-20-21(13-15)26-27-25-20)24-22(28)18-6-5-17-12-19(23(2,3)4)9-7-16(17)11-18/h5-14H,1-4H3,(H,24,28)(H,25,26,27). The largest absolute Gasteiger partial charge is 0.346 e. The molecule has 5 heteroatoms. The monoisotopic (exact) mass is 372 g/mol. The highest BCUT2D eigenvalue weighted by Crippen LogP contribution is 2.27. The van der Waals surface area contributed by atoms with Crippen LogP contribution in [-0.2, 0) is 5.41 Å². The van der Waals surface area contributed by atoms with E-state index in [4.69, 9.17) is 0 Å². The highest BCUT2D eigenvalue weighted by molar-refractivity contribution is 5.99. The van der Waals surface area contributed by atoms with E-state index >= 15 is 0 Å². The van der Waals surface area contributed by atoms with E-state index in [-0.39, 0.29) is 17.4 Å². The van der Waals surface area contributed by atoms with Crippen molar-refractivity contribution in [1.29, 1.82) is 0 Å². The summed E-state index contributed by atoms with van der Waals surface area (Å²) in [6.07, 6.45) is 0. The Bertz CT molecular complexity index is 1170. The molecule has 0 saturated heterocycles. The van der Waals surface area contributed by atoms with Crippen molar-refractivity contribution in [2.24, 2.45) is 0 Å². The van der Waals surface area contributed by atoms with Crippen LogP contribution in [0.1, 0.15) is 55.2 Å². The third-order valence-corrected chi connectivity index (χ3v) is 5.16. The predicted molar refractivity (Wildman–Crippen MR) is 112 cm³/mol. The molecule has 0 spiro atoms. The topological polar surface area (TPSA) is 70.7 Å². The molecule has 142 valence electrons. The predicted octanol–water partition coefficient (Wildman–Crippen LogP) is 4.90. The zero-order chi connectivity index (χ0) is 19.9. The SMILES string of the molecule is CC(NC(=O)c1ccc2cc(C(C)(C)C)ccc2c1)c1ccc2n[nH]nc2c1. The molecule has 3 aromatic carbocycles. The van der Waals surface area contributed by atoms with Crippen molar-refractivity contribution < 1.29 is 4.79 Å². The summed E-state index contributed by atoms with van der Waals surface area (Å²) in [4.78, 5) is 12.8. The first-order valence-corrected chi connectivity index (χ1v) is 9.47. The van der Waals surface area contributed by atoms with Gasteiger partial charge in [0.2, 0.25) is 0 Å². The zero-order valence-corrected chi connectivity index (χ0v) is 16.6. The summed E-state index contributed by atoms with van der Waals surface area (Å²) in [5, 5.41) is 16.1. The maximum absolute atomic E-state index is 12.8. The van der Waals surface area contributed by atoms with Crippen LogP contribution in [0.4, 0.5) is 0 Å². The fourth-order valence-electron chi connectivity index (χ4n) is 3.34. The molecule has 1 unspecified atom stereocenters. The molecule has 4 rings (SSSR count). The van der Waals surface area contributed by atoms with Crippen molar-refractivity contribution in [3.8, 4) is 0 Å². The van der Waals surface area contributed by atoms with Gasteiger partial charge in [-0.2, -0.15) is 15.4 Å². The van der Waals surface area contributed by atoms with Crippen molar-refractivity contribution in [3.05, 3.63) is 71.3 Å². The van der Waals surface area contributed by atoms with E-state index in [0.717, 1.165) is 27.4 Å². The van der Waals surface area contributed by atoms with Gasteiger partial charge in [-0.25, -0.2) is 0 Å². The maximum Gasteiger partial charge on any atom is 0.251 e. The second kappa shape index (κ2) is 6.75. The highest BCUT2D eigenvalue weighted by Gasteiger charge is 2.16. The lowest BCUT2D eigenvalue weighted by molar-refractivity contribution is 0.0940. The van der Waals surface area contributed by atoms with Crippen LogP contribution in [-0.4, -0.2) is 21.3 Å². The Morgan fingerprint density at radius 1 is 0.929 bits per heavy atom. The minimum atomic E-state index is -0.132. The van der Waals surface area contributed by atoms with E-state index in [0.29, 0.717) is 5.56 Å². The van der Waals surface area contributed by atoms with Crippen LogP contribution in [0.15, 0.2) is 54.6 Å². The number of nitrogens with zero attached hydrogens (tertiary/aromatic N) is 2. The number of hydrogen-bond acceptors (Lipinski definition) is 3. The lowest BCUT2D eigenvalue weighted by atomic mass is 9.86. The molecule has 0 fully saturated rings. The molecule has 1 aromatic heterocycles. The third kappa shape index (κ3) is 3.48. The summed E-state index contributed by atoms with van der Waals surface area (Å²) in [5.41, 5.74) is 4.64. The second-order valence-corrected chi connectivity index (χ2v) is 8.29. The number of nitrogens with one attached hydrogen (secondary N) is 2. The second-order valence-electron chi connectivity index (χ2n) is 8.29. The van der Waals surface area contributed by atoms with Gasteiger partial charge in [0.1, 0.15) is 11.0 Å². The van der Waals surface area contributed by atoms with E-state index in [1.54, 1.807) is 0 Å². The summed E-state index contributed by atoms with van der Waals surface area (Å²) >= 11 is 0. The molecular weight excluding hydrogens is 348 g/mol. The van der Waals surface area contributed by atoms with Gasteiger partial charge in [-0.15, -0.1) is 0 Å². The number of amides is 1. The number of carbonyl (C=O) groups excluding carboxylic acids is 1. The Labute approximate surface area is 164 Å². The van der Waals surface area contributed by atoms with Gasteiger partial charge in [0.15, 0.2) is 0 Å². The fourth-order valence-corrected chi connectivity index (χ4v) is 3.34. The van der Waals surface area contributed by atoms with Gasteiger partial charge in [-0.1, -0.05) is 51.1 Å². The van der Waals surface area contributed by atoms with Crippen LogP contribution in [0.25, 0.3) is 21.8 Å². The minimum Gasteiger partial charge on any atom is -0.346 e. The zero-order valence-electron chi connectivity index (χ0n) is 16.6. The average molecular weight is 372 g/mol. The normalized spacial score (nSPS) is 13.0. The summed E-state index contributed by atoms with van der Waals surface area (Å²) in [7, 11) is 0. The summed E-state index contributed by atoms with van der Waals surface area (Å²) in [6, 6.07) is 18.0. The molecule has 0 aliphatic carbocycles. The van der Waals surface area contributed by atoms with Gasteiger partial charge in [-0.05, 0) is 58.5 Å². The van der Waals surface area contributed by atoms with Crippen LogP contribution in [0, 0.1) is 0 Å². The van der Waals surface area contributed by atoms with Gasteiger partial charge < -0.3 is 5.32 Å². The van der Waals surface area contributed by atoms with Crippen LogP contribution >= 0.6 is 0 Å². The fraction of sp³-hybridized carbons (Fsp3) is 0.261. The van der Waals surface area contributed by atoms with Gasteiger partial charge >= 0.3 is 0 Å². The van der Waals surface area contributed by atoms with E-state index in [9.17, 15) is 4.79 Å². The molecule has 4 aromatic rings. The van der Waals surface area contributed by atoms with Crippen LogP contribution < -0.4 is 5.32 Å². The molecule has 28 heavy (non-hydrogen) atoms. The molecule has 1 atom stereocenters. The lowest BCUT2D eigenvalue weighted by Crippen LogP contribution is -2.26. The van der Waals surface area contributed by atoms with Crippen LogP contribution in [0.5, 0.6) is 0 Å². The van der Waals surface area contributed by atoms with Gasteiger partial charge in [-0.3, -0.25) is 4.79 Å². The van der Waals surface area contributed by atoms with E-state index in [1.807, 2.05) is 43.3 Å². The first-order chi connectivity index (χ1) is 13.3. The van der Waals surface area contributed by atoms with Crippen LogP contribution in [0.3, 0.4) is 0 Å². The molecule has 1 amide bonds. The quantitative estimate of drug-likeness (QED) is 0.537. The average Bonchev–Trinajstić information content (AvgIpc) is 3.14. The minimum absolute atomic E-state index is 0.0884. The lowest BCUT2D eigenvalue weighted by Gasteiger charge is -2.19. The molecule has 0 radical (unpaired) electrons. The van der Waals surface area contributed by atoms with Crippen molar-refractivity contribution in [2.45, 2.75) is 39.2 Å². The summed E-state index contributed by atoms with van der Waals surface area (Å²) in [6.45, 7) is 8.57. The highest BCUT2D eigenvalue weighted by atomic mass is 16.1. The number of fused-ring (bicyclic) bond motifs is 2. The maximum atomic E-state index is 12.8. The van der Waals surface area contributed by atoms with Gasteiger partial charge in [0.25, 0.3) is 5.91 Å². The third-order valence-electron chi connectivity index (χ3n) is 5.16. The Morgan fingerprint density at radius 3 is 2.43 bits per heavy atom. The first-order valence-electron chi connectivity index (χ1n) is 9.47. The number of aromatic amines is 1. The van der Waals surface area contributed by atoms with Crippen molar-refractivity contribution in [1.82, 2.24) is 20.7 Å². The Hall–Kier alpha value is -3.21. The summed E-state index contributed by atoms with van der Waals surface area (Å²) in [5.74, 6) is -0.0884. The van der Waals surface area contributed by atoms with Crippen molar-refractivity contribution in [3.63, 3.8) is 0 Å². The molecular formula is C23H24N4O. The Morgan fingerprint density at radius 2 is 1.64 bits per heavy atom. The van der Waals surface area contributed by atoms with Crippen molar-refractivity contribution in [2.75, 3.05) is 0 Å². The first kappa shape index (κ1) is 18.2. The number of aromatic nitrogens is 3. The van der Waals surface area contributed by atoms with Gasteiger partial charge in [0, 0.05) is 5.56 Å². The molecule has 0 aliphatic heterocycles. The van der Waals surface area contributed by atoms with Crippen molar-refractivity contribution >= 4 is 27.7 Å². The molecule has 1 heterocycles. The Balaban J connectivity index is 1.56. The van der Waals surface area contributed by atoms with Crippen LogP contribution in [0.2, 0.25) is 0 Å². The molecule has 0 bridgehead atoms. The summed E-state index contributed by atoms with van der Waals surface area (Å²) < 4.78 is 0. The van der Waals surface area contributed by atoms with E-state index in [2.05, 4.69) is 59.7 Å². The van der Waals surface area contributed by atoms with E-state index in [1.165, 1.54) is 5.56 Å². The number of rotatable bonds is 3. The number of benzene rings is 3. The molecule has 2 N–H and O–H groups in total. The number of carbonyl (C=O) groups is 1. The molecule has 0 saturated carbocycles. The molecule has 5 nitrogen and oxygen atoms in total. The van der Waals surface area contributed by atoms with Gasteiger partial charge in [0.05, 0.1) is 6.04 Å². The van der Waals surface area contributed by atoms with E-state index < -0.39 is 0 Å². The number of hydrogen-bond donors (Lipinski definition) is 2. The molecule has 0 aliphatic rings.